The normalized spacial score (nSPS) is 14.6. The van der Waals surface area contributed by atoms with Crippen molar-refractivity contribution in [1.82, 2.24) is 9.88 Å². The van der Waals surface area contributed by atoms with E-state index >= 15 is 0 Å². The number of ether oxygens (including phenoxy) is 2. The van der Waals surface area contributed by atoms with Crippen molar-refractivity contribution in [3.05, 3.63) is 71.1 Å². The minimum Gasteiger partial charge on any atom is -0.497 e. The van der Waals surface area contributed by atoms with Crippen molar-refractivity contribution in [2.45, 2.75) is 27.7 Å². The summed E-state index contributed by atoms with van der Waals surface area (Å²) in [5.41, 5.74) is 5.22. The van der Waals surface area contributed by atoms with Gasteiger partial charge in [0.2, 0.25) is 0 Å². The SMILES string of the molecule is CCN(CC)c1ccc(-n2c(C)cc(/C=C3\C(=O)NC(=S)N(c4ccc(OC)cc4OC)C3=O)c2C)cc1. The number of amides is 2. The lowest BCUT2D eigenvalue weighted by atomic mass is 10.1. The van der Waals surface area contributed by atoms with Crippen molar-refractivity contribution in [3.63, 3.8) is 0 Å². The van der Waals surface area contributed by atoms with Gasteiger partial charge in [-0.15, -0.1) is 0 Å². The summed E-state index contributed by atoms with van der Waals surface area (Å²) in [4.78, 5) is 30.1. The van der Waals surface area contributed by atoms with Gasteiger partial charge in [-0.2, -0.15) is 0 Å². The van der Waals surface area contributed by atoms with E-state index < -0.39 is 11.8 Å². The summed E-state index contributed by atoms with van der Waals surface area (Å²) in [7, 11) is 3.04. The largest absolute Gasteiger partial charge is 0.497 e. The van der Waals surface area contributed by atoms with Crippen LogP contribution >= 0.6 is 12.2 Å². The highest BCUT2D eigenvalue weighted by Crippen LogP contribution is 2.35. The fourth-order valence-corrected chi connectivity index (χ4v) is 5.01. The Morgan fingerprint density at radius 3 is 2.26 bits per heavy atom. The van der Waals surface area contributed by atoms with Crippen molar-refractivity contribution in [2.24, 2.45) is 0 Å². The van der Waals surface area contributed by atoms with Crippen LogP contribution in [0.15, 0.2) is 54.1 Å². The molecule has 1 aliphatic heterocycles. The zero-order chi connectivity index (χ0) is 27.6. The van der Waals surface area contributed by atoms with E-state index in [9.17, 15) is 9.59 Å². The molecule has 1 aromatic heterocycles. The molecule has 0 atom stereocenters. The molecule has 0 spiro atoms. The van der Waals surface area contributed by atoms with E-state index in [2.05, 4.69) is 52.9 Å². The first kappa shape index (κ1) is 26.9. The molecule has 2 aromatic carbocycles. The summed E-state index contributed by atoms with van der Waals surface area (Å²) < 4.78 is 12.8. The molecule has 0 bridgehead atoms. The van der Waals surface area contributed by atoms with Gasteiger partial charge < -0.3 is 18.9 Å². The molecule has 38 heavy (non-hydrogen) atoms. The van der Waals surface area contributed by atoms with Crippen LogP contribution in [-0.4, -0.2) is 48.8 Å². The zero-order valence-corrected chi connectivity index (χ0v) is 23.3. The molecular formula is C29H32N4O4S. The molecule has 0 saturated carbocycles. The number of benzene rings is 2. The second-order valence-corrected chi connectivity index (χ2v) is 9.23. The van der Waals surface area contributed by atoms with Gasteiger partial charge in [0.15, 0.2) is 5.11 Å². The Labute approximate surface area is 228 Å². The van der Waals surface area contributed by atoms with Crippen LogP contribution in [0.2, 0.25) is 0 Å². The van der Waals surface area contributed by atoms with Crippen LogP contribution in [0.5, 0.6) is 11.5 Å². The van der Waals surface area contributed by atoms with Crippen LogP contribution in [0.4, 0.5) is 11.4 Å². The molecule has 1 fully saturated rings. The van der Waals surface area contributed by atoms with Gasteiger partial charge in [-0.05, 0) is 94.0 Å². The number of nitrogens with one attached hydrogen (secondary N) is 1. The van der Waals surface area contributed by atoms with Crippen molar-refractivity contribution < 1.29 is 19.1 Å². The van der Waals surface area contributed by atoms with E-state index in [0.717, 1.165) is 41.4 Å². The monoisotopic (exact) mass is 532 g/mol. The number of nitrogens with zero attached hydrogens (tertiary/aromatic N) is 3. The van der Waals surface area contributed by atoms with Gasteiger partial charge >= 0.3 is 0 Å². The van der Waals surface area contributed by atoms with Crippen molar-refractivity contribution in [2.75, 3.05) is 37.1 Å². The number of aromatic nitrogens is 1. The number of hydrogen-bond acceptors (Lipinski definition) is 6. The molecule has 2 heterocycles. The third kappa shape index (κ3) is 4.89. The molecule has 1 saturated heterocycles. The number of carbonyl (C=O) groups is 2. The van der Waals surface area contributed by atoms with E-state index in [-0.39, 0.29) is 10.7 Å². The van der Waals surface area contributed by atoms with Crippen LogP contribution in [0.1, 0.15) is 30.8 Å². The molecule has 4 rings (SSSR count). The fraction of sp³-hybridized carbons (Fsp3) is 0.276. The van der Waals surface area contributed by atoms with Gasteiger partial charge in [-0.25, -0.2) is 4.90 Å². The average molecular weight is 533 g/mol. The molecular weight excluding hydrogens is 500 g/mol. The Morgan fingerprint density at radius 2 is 1.66 bits per heavy atom. The Morgan fingerprint density at radius 1 is 0.974 bits per heavy atom. The number of rotatable bonds is 8. The van der Waals surface area contributed by atoms with Gasteiger partial charge in [-0.1, -0.05) is 0 Å². The van der Waals surface area contributed by atoms with Crippen molar-refractivity contribution in [1.29, 1.82) is 0 Å². The molecule has 2 amide bonds. The second-order valence-electron chi connectivity index (χ2n) is 8.85. The predicted molar refractivity (Wildman–Crippen MR) is 155 cm³/mol. The van der Waals surface area contributed by atoms with Gasteiger partial charge in [0.25, 0.3) is 11.8 Å². The molecule has 9 heteroatoms. The summed E-state index contributed by atoms with van der Waals surface area (Å²) in [5.74, 6) is -0.118. The van der Waals surface area contributed by atoms with Crippen LogP contribution in [0, 0.1) is 13.8 Å². The number of carbonyl (C=O) groups excluding carboxylic acids is 2. The summed E-state index contributed by atoms with van der Waals surface area (Å²) in [6, 6.07) is 15.4. The maximum Gasteiger partial charge on any atom is 0.270 e. The number of thiocarbonyl (C=S) groups is 1. The fourth-order valence-electron chi connectivity index (χ4n) is 4.73. The van der Waals surface area contributed by atoms with Crippen molar-refractivity contribution >= 4 is 46.6 Å². The van der Waals surface area contributed by atoms with E-state index in [1.807, 2.05) is 19.9 Å². The number of anilines is 2. The molecule has 0 unspecified atom stereocenters. The lowest BCUT2D eigenvalue weighted by Gasteiger charge is -2.30. The highest BCUT2D eigenvalue weighted by Gasteiger charge is 2.36. The highest BCUT2D eigenvalue weighted by atomic mass is 32.1. The highest BCUT2D eigenvalue weighted by molar-refractivity contribution is 7.80. The molecule has 0 aliphatic carbocycles. The summed E-state index contributed by atoms with van der Waals surface area (Å²) in [6.45, 7) is 10.1. The van der Waals surface area contributed by atoms with Crippen LogP contribution in [0.25, 0.3) is 11.8 Å². The molecule has 198 valence electrons. The van der Waals surface area contributed by atoms with E-state index in [0.29, 0.717) is 17.2 Å². The van der Waals surface area contributed by atoms with Crippen LogP contribution in [0.3, 0.4) is 0 Å². The van der Waals surface area contributed by atoms with Gasteiger partial charge in [-0.3, -0.25) is 14.9 Å². The smallest absolute Gasteiger partial charge is 0.270 e. The predicted octanol–water partition coefficient (Wildman–Crippen LogP) is 4.79. The first-order valence-corrected chi connectivity index (χ1v) is 12.8. The van der Waals surface area contributed by atoms with Crippen molar-refractivity contribution in [3.8, 4) is 17.2 Å². The Kier molecular flexibility index (Phi) is 7.87. The topological polar surface area (TPSA) is 76.0 Å². The number of methoxy groups -OCH3 is 2. The maximum absolute atomic E-state index is 13.6. The van der Waals surface area contributed by atoms with E-state index in [4.69, 9.17) is 21.7 Å². The van der Waals surface area contributed by atoms with E-state index in [1.165, 1.54) is 12.0 Å². The minimum absolute atomic E-state index is 0.0145. The number of hydrogen-bond donors (Lipinski definition) is 1. The molecule has 0 radical (unpaired) electrons. The van der Waals surface area contributed by atoms with E-state index in [1.54, 1.807) is 31.4 Å². The van der Waals surface area contributed by atoms with Gasteiger partial charge in [0, 0.05) is 41.9 Å². The summed E-state index contributed by atoms with van der Waals surface area (Å²) in [6.07, 6.45) is 1.62. The first-order chi connectivity index (χ1) is 18.2. The molecule has 3 aromatic rings. The summed E-state index contributed by atoms with van der Waals surface area (Å²) >= 11 is 5.36. The Hall–Kier alpha value is -4.11. The number of aryl methyl sites for hydroxylation is 1. The third-order valence-corrected chi connectivity index (χ3v) is 7.02. The Balaban J connectivity index is 1.72. The lowest BCUT2D eigenvalue weighted by Crippen LogP contribution is -2.54. The second kappa shape index (κ2) is 11.1. The molecule has 8 nitrogen and oxygen atoms in total. The first-order valence-electron chi connectivity index (χ1n) is 12.4. The van der Waals surface area contributed by atoms with Crippen LogP contribution < -0.4 is 24.6 Å². The standard InChI is InChI=1S/C29H32N4O4S/c1-7-31(8-2)21-9-11-22(12-10-21)32-18(3)15-20(19(32)4)16-24-27(34)30-29(38)33(28(24)35)25-14-13-23(36-5)17-26(25)37-6/h9-17H,7-8H2,1-6H3,(H,30,34,38)/b24-16+. The quantitative estimate of drug-likeness (QED) is 0.256. The average Bonchev–Trinajstić information content (AvgIpc) is 3.19. The van der Waals surface area contributed by atoms with Crippen LogP contribution in [-0.2, 0) is 9.59 Å². The van der Waals surface area contributed by atoms with Gasteiger partial charge in [0.05, 0.1) is 19.9 Å². The summed E-state index contributed by atoms with van der Waals surface area (Å²) in [5, 5.41) is 2.63. The zero-order valence-electron chi connectivity index (χ0n) is 22.5. The minimum atomic E-state index is -0.544. The Bertz CT molecular complexity index is 1420. The third-order valence-electron chi connectivity index (χ3n) is 6.74. The van der Waals surface area contributed by atoms with Gasteiger partial charge in [0.1, 0.15) is 17.1 Å². The molecule has 1 aliphatic rings. The molecule has 1 N–H and O–H groups in total. The lowest BCUT2D eigenvalue weighted by molar-refractivity contribution is -0.122. The maximum atomic E-state index is 13.6.